The molecule has 0 fully saturated rings. The molecule has 3 aromatic rings. The van der Waals surface area contributed by atoms with E-state index in [1.54, 1.807) is 48.5 Å². The first-order chi connectivity index (χ1) is 13.6. The Hall–Kier alpha value is -3.51. The normalized spacial score (nSPS) is 14.2. The van der Waals surface area contributed by atoms with Crippen molar-refractivity contribution in [3.8, 4) is 0 Å². The van der Waals surface area contributed by atoms with Crippen molar-refractivity contribution >= 4 is 28.5 Å². The second-order valence-electron chi connectivity index (χ2n) is 6.64. The van der Waals surface area contributed by atoms with Crippen molar-refractivity contribution in [2.45, 2.75) is 6.10 Å². The van der Waals surface area contributed by atoms with Crippen LogP contribution in [0, 0.1) is 0 Å². The Balaban J connectivity index is 1.49. The number of nitrogens with zero attached hydrogens (tertiary/aromatic N) is 1. The van der Waals surface area contributed by atoms with Gasteiger partial charge >= 0.3 is 0 Å². The lowest BCUT2D eigenvalue weighted by atomic mass is 9.94. The lowest BCUT2D eigenvalue weighted by Gasteiger charge is -2.26. The second kappa shape index (κ2) is 7.25. The van der Waals surface area contributed by atoms with Crippen LogP contribution >= 0.6 is 0 Å². The van der Waals surface area contributed by atoms with Crippen LogP contribution in [-0.4, -0.2) is 40.8 Å². The molecule has 6 nitrogen and oxygen atoms in total. The third-order valence-electron chi connectivity index (χ3n) is 4.83. The first kappa shape index (κ1) is 17.9. The quantitative estimate of drug-likeness (QED) is 0.671. The number of rotatable bonds is 5. The van der Waals surface area contributed by atoms with Gasteiger partial charge in [0, 0.05) is 23.1 Å². The number of aliphatic hydroxyl groups is 1. The second-order valence-corrected chi connectivity index (χ2v) is 6.64. The number of nitrogens with one attached hydrogen (secondary N) is 1. The minimum absolute atomic E-state index is 0.00869. The van der Waals surface area contributed by atoms with Gasteiger partial charge in [-0.25, -0.2) is 0 Å². The molecule has 0 saturated carbocycles. The average Bonchev–Trinajstić information content (AvgIpc) is 2.73. The highest BCUT2D eigenvalue weighted by atomic mass is 16.3. The number of hydrogen-bond acceptors (Lipinski definition) is 4. The van der Waals surface area contributed by atoms with Crippen LogP contribution in [0.3, 0.4) is 0 Å². The van der Waals surface area contributed by atoms with Crippen molar-refractivity contribution in [3.05, 3.63) is 83.4 Å². The van der Waals surface area contributed by atoms with Gasteiger partial charge in [-0.3, -0.25) is 19.3 Å². The highest BCUT2D eigenvalue weighted by molar-refractivity contribution is 6.26. The van der Waals surface area contributed by atoms with Gasteiger partial charge in [0.05, 0.1) is 6.10 Å². The molecular weight excluding hydrogens is 356 g/mol. The van der Waals surface area contributed by atoms with Crippen molar-refractivity contribution < 1.29 is 19.5 Å². The SMILES string of the molecule is O=C(CN1C(=O)c2cccc3cccc(c23)C1=O)NC[C@H](O)c1ccccc1. The highest BCUT2D eigenvalue weighted by Crippen LogP contribution is 2.29. The maximum absolute atomic E-state index is 12.8. The Morgan fingerprint density at radius 3 is 2.11 bits per heavy atom. The van der Waals surface area contributed by atoms with Crippen LogP contribution in [0.4, 0.5) is 0 Å². The molecule has 0 aromatic heterocycles. The molecule has 2 N–H and O–H groups in total. The molecule has 1 aliphatic rings. The zero-order chi connectivity index (χ0) is 19.7. The minimum atomic E-state index is -0.868. The highest BCUT2D eigenvalue weighted by Gasteiger charge is 2.33. The minimum Gasteiger partial charge on any atom is -0.387 e. The topological polar surface area (TPSA) is 86.7 Å². The van der Waals surface area contributed by atoms with Gasteiger partial charge in [0.1, 0.15) is 6.54 Å². The standard InChI is InChI=1S/C22H18N2O4/c25-18(14-6-2-1-3-7-14)12-23-19(26)13-24-21(27)16-10-4-8-15-9-5-11-17(20(15)16)22(24)28/h1-11,18,25H,12-13H2,(H,23,26)/t18-/m0/s1. The zero-order valence-corrected chi connectivity index (χ0v) is 15.0. The molecule has 0 aliphatic carbocycles. The third kappa shape index (κ3) is 3.14. The molecule has 0 unspecified atom stereocenters. The number of imide groups is 1. The van der Waals surface area contributed by atoms with E-state index in [2.05, 4.69) is 5.32 Å². The first-order valence-corrected chi connectivity index (χ1v) is 8.94. The molecule has 1 aliphatic heterocycles. The summed E-state index contributed by atoms with van der Waals surface area (Å²) in [5, 5.41) is 14.2. The summed E-state index contributed by atoms with van der Waals surface area (Å²) in [5.41, 5.74) is 1.49. The monoisotopic (exact) mass is 374 g/mol. The molecule has 6 heteroatoms. The Morgan fingerprint density at radius 1 is 0.893 bits per heavy atom. The summed E-state index contributed by atoms with van der Waals surface area (Å²) >= 11 is 0. The van der Waals surface area contributed by atoms with E-state index in [0.29, 0.717) is 22.1 Å². The van der Waals surface area contributed by atoms with Crippen LogP contribution in [0.5, 0.6) is 0 Å². The number of carbonyl (C=O) groups is 3. The summed E-state index contributed by atoms with van der Waals surface area (Å²) in [6, 6.07) is 19.4. The molecule has 0 saturated heterocycles. The molecule has 3 amide bonds. The smallest absolute Gasteiger partial charge is 0.261 e. The predicted molar refractivity (Wildman–Crippen MR) is 104 cm³/mol. The fourth-order valence-electron chi connectivity index (χ4n) is 3.43. The van der Waals surface area contributed by atoms with Crippen LogP contribution in [0.15, 0.2) is 66.7 Å². The Labute approximate surface area is 161 Å². The van der Waals surface area contributed by atoms with Crippen molar-refractivity contribution in [2.24, 2.45) is 0 Å². The van der Waals surface area contributed by atoms with Crippen LogP contribution in [-0.2, 0) is 4.79 Å². The van der Waals surface area contributed by atoms with E-state index in [-0.39, 0.29) is 6.54 Å². The van der Waals surface area contributed by atoms with E-state index in [0.717, 1.165) is 10.3 Å². The Kier molecular flexibility index (Phi) is 4.63. The lowest BCUT2D eigenvalue weighted by Crippen LogP contribution is -2.46. The summed E-state index contributed by atoms with van der Waals surface area (Å²) in [7, 11) is 0. The maximum Gasteiger partial charge on any atom is 0.261 e. The average molecular weight is 374 g/mol. The molecule has 1 atom stereocenters. The number of carbonyl (C=O) groups excluding carboxylic acids is 3. The third-order valence-corrected chi connectivity index (χ3v) is 4.83. The predicted octanol–water partition coefficient (Wildman–Crippen LogP) is 2.29. The fraction of sp³-hybridized carbons (Fsp3) is 0.136. The molecule has 140 valence electrons. The number of hydrogen-bond donors (Lipinski definition) is 2. The van der Waals surface area contributed by atoms with Crippen LogP contribution in [0.25, 0.3) is 10.8 Å². The first-order valence-electron chi connectivity index (χ1n) is 8.94. The molecule has 0 bridgehead atoms. The molecule has 28 heavy (non-hydrogen) atoms. The largest absolute Gasteiger partial charge is 0.387 e. The fourth-order valence-corrected chi connectivity index (χ4v) is 3.43. The molecule has 1 heterocycles. The summed E-state index contributed by atoms with van der Waals surface area (Å²) in [5.74, 6) is -1.50. The Morgan fingerprint density at radius 2 is 1.50 bits per heavy atom. The van der Waals surface area contributed by atoms with Gasteiger partial charge in [0.25, 0.3) is 11.8 Å². The summed E-state index contributed by atoms with van der Waals surface area (Å²) in [4.78, 5) is 38.8. The van der Waals surface area contributed by atoms with Crippen molar-refractivity contribution in [1.82, 2.24) is 10.2 Å². The molecule has 0 radical (unpaired) electrons. The molecular formula is C22H18N2O4. The summed E-state index contributed by atoms with van der Waals surface area (Å²) in [6.45, 7) is -0.408. The van der Waals surface area contributed by atoms with Gasteiger partial charge < -0.3 is 10.4 Å². The van der Waals surface area contributed by atoms with E-state index >= 15 is 0 Å². The van der Waals surface area contributed by atoms with Gasteiger partial charge in [0.15, 0.2) is 0 Å². The van der Waals surface area contributed by atoms with E-state index in [9.17, 15) is 19.5 Å². The number of aliphatic hydroxyl groups excluding tert-OH is 1. The van der Waals surface area contributed by atoms with Gasteiger partial charge in [-0.2, -0.15) is 0 Å². The van der Waals surface area contributed by atoms with E-state index in [4.69, 9.17) is 0 Å². The van der Waals surface area contributed by atoms with Gasteiger partial charge in [-0.15, -0.1) is 0 Å². The van der Waals surface area contributed by atoms with Gasteiger partial charge in [0.2, 0.25) is 5.91 Å². The van der Waals surface area contributed by atoms with E-state index < -0.39 is 30.4 Å². The summed E-state index contributed by atoms with van der Waals surface area (Å²) in [6.07, 6.45) is -0.868. The molecule has 0 spiro atoms. The lowest BCUT2D eigenvalue weighted by molar-refractivity contribution is -0.121. The zero-order valence-electron chi connectivity index (χ0n) is 15.0. The van der Waals surface area contributed by atoms with Crippen molar-refractivity contribution in [1.29, 1.82) is 0 Å². The van der Waals surface area contributed by atoms with Crippen LogP contribution in [0.1, 0.15) is 32.4 Å². The molecule has 4 rings (SSSR count). The maximum atomic E-state index is 12.8. The molecule has 3 aromatic carbocycles. The van der Waals surface area contributed by atoms with Crippen LogP contribution in [0.2, 0.25) is 0 Å². The van der Waals surface area contributed by atoms with Crippen LogP contribution < -0.4 is 5.32 Å². The van der Waals surface area contributed by atoms with Crippen molar-refractivity contribution in [2.75, 3.05) is 13.1 Å². The number of amides is 3. The van der Waals surface area contributed by atoms with Gasteiger partial charge in [-0.1, -0.05) is 54.6 Å². The van der Waals surface area contributed by atoms with Crippen molar-refractivity contribution in [3.63, 3.8) is 0 Å². The number of benzene rings is 3. The summed E-state index contributed by atoms with van der Waals surface area (Å²) < 4.78 is 0. The van der Waals surface area contributed by atoms with Gasteiger partial charge in [-0.05, 0) is 23.1 Å². The van der Waals surface area contributed by atoms with E-state index in [1.165, 1.54) is 0 Å². The van der Waals surface area contributed by atoms with E-state index in [1.807, 2.05) is 18.2 Å². The Bertz CT molecular complexity index is 1030.